The lowest BCUT2D eigenvalue weighted by Gasteiger charge is -2.53. The molecule has 1 fully saturated rings. The second kappa shape index (κ2) is 16.2. The number of esters is 1. The van der Waals surface area contributed by atoms with Crippen LogP contribution >= 0.6 is 0 Å². The molecule has 4 amide bonds. The average Bonchev–Trinajstić information content (AvgIpc) is 3.01. The molecule has 2 N–H and O–H groups in total. The summed E-state index contributed by atoms with van der Waals surface area (Å²) >= 11 is 0. The van der Waals surface area contributed by atoms with Crippen molar-refractivity contribution < 1.29 is 28.7 Å². The number of imide groups is 1. The van der Waals surface area contributed by atoms with Gasteiger partial charge in [-0.25, -0.2) is 9.69 Å². The quantitative estimate of drug-likeness (QED) is 0.169. The molecule has 0 saturated carbocycles. The minimum atomic E-state index is -0.859. The van der Waals surface area contributed by atoms with Gasteiger partial charge in [0.15, 0.2) is 6.23 Å². The number of likely N-dealkylation sites (tertiary alicyclic amines) is 1. The van der Waals surface area contributed by atoms with Gasteiger partial charge in [-0.2, -0.15) is 0 Å². The highest BCUT2D eigenvalue weighted by Crippen LogP contribution is 2.46. The molecule has 2 aromatic rings. The lowest BCUT2D eigenvalue weighted by molar-refractivity contribution is -0.211. The number of hydrogen-bond acceptors (Lipinski definition) is 7. The number of amides is 4. The number of ether oxygens (including phenoxy) is 2. The Bertz CT molecular complexity index is 1220. The molecule has 10 nitrogen and oxygen atoms in total. The molecule has 10 heteroatoms. The molecule has 1 saturated heterocycles. The first-order valence-electron chi connectivity index (χ1n) is 15.1. The molecule has 0 radical (unpaired) electrons. The first kappa shape index (κ1) is 33.7. The summed E-state index contributed by atoms with van der Waals surface area (Å²) in [5.41, 5.74) is 2.15. The van der Waals surface area contributed by atoms with Gasteiger partial charge in [-0.1, -0.05) is 87.4 Å². The monoisotopic (exact) mass is 594 g/mol. The van der Waals surface area contributed by atoms with E-state index in [-0.39, 0.29) is 43.6 Å². The van der Waals surface area contributed by atoms with E-state index in [4.69, 9.17) is 9.47 Å². The van der Waals surface area contributed by atoms with Crippen LogP contribution in [0.15, 0.2) is 54.6 Å². The molecule has 234 valence electrons. The fourth-order valence-corrected chi connectivity index (χ4v) is 5.21. The SMILES string of the molecule is CCC[C@@H](NC(=O)N1C(=O)C(CC)(CC)[C@@H]1OCC(=O)N(C)CCNCC(=O)OCc1ccccc1)c1ccc(C)cc1. The molecule has 0 spiro atoms. The van der Waals surface area contributed by atoms with Crippen LogP contribution in [0.3, 0.4) is 0 Å². The Morgan fingerprint density at radius 1 is 1.02 bits per heavy atom. The number of nitrogens with zero attached hydrogens (tertiary/aromatic N) is 2. The van der Waals surface area contributed by atoms with Crippen LogP contribution in [-0.4, -0.2) is 73.1 Å². The lowest BCUT2D eigenvalue weighted by Crippen LogP contribution is -2.72. The van der Waals surface area contributed by atoms with E-state index in [0.717, 1.165) is 34.4 Å². The van der Waals surface area contributed by atoms with Crippen LogP contribution in [0.2, 0.25) is 0 Å². The van der Waals surface area contributed by atoms with E-state index in [9.17, 15) is 19.2 Å². The maximum atomic E-state index is 13.4. The summed E-state index contributed by atoms with van der Waals surface area (Å²) in [5, 5.41) is 6.00. The number of aryl methyl sites for hydroxylation is 1. The summed E-state index contributed by atoms with van der Waals surface area (Å²) in [4.78, 5) is 54.2. The minimum Gasteiger partial charge on any atom is -0.460 e. The van der Waals surface area contributed by atoms with Crippen molar-refractivity contribution in [3.63, 3.8) is 0 Å². The first-order chi connectivity index (χ1) is 20.7. The van der Waals surface area contributed by atoms with Gasteiger partial charge in [0.2, 0.25) is 11.8 Å². The molecule has 2 atom stereocenters. The van der Waals surface area contributed by atoms with Crippen molar-refractivity contribution in [2.75, 3.05) is 33.3 Å². The lowest BCUT2D eigenvalue weighted by atomic mass is 9.72. The topological polar surface area (TPSA) is 117 Å². The number of hydrogen-bond donors (Lipinski definition) is 2. The Kier molecular flexibility index (Phi) is 12.7. The number of nitrogens with one attached hydrogen (secondary N) is 2. The number of urea groups is 1. The van der Waals surface area contributed by atoms with Crippen LogP contribution in [0.5, 0.6) is 0 Å². The Morgan fingerprint density at radius 3 is 2.33 bits per heavy atom. The highest BCUT2D eigenvalue weighted by atomic mass is 16.5. The summed E-state index contributed by atoms with van der Waals surface area (Å²) in [6.07, 6.45) is 1.70. The fourth-order valence-electron chi connectivity index (χ4n) is 5.21. The molecule has 0 aliphatic carbocycles. The number of likely N-dealkylation sites (N-methyl/N-ethyl adjacent to an activating group) is 1. The zero-order valence-electron chi connectivity index (χ0n) is 26.1. The third kappa shape index (κ3) is 8.64. The highest BCUT2D eigenvalue weighted by molar-refractivity contribution is 6.03. The average molecular weight is 595 g/mol. The van der Waals surface area contributed by atoms with Gasteiger partial charge in [0, 0.05) is 20.1 Å². The van der Waals surface area contributed by atoms with Gasteiger partial charge in [0.25, 0.3) is 0 Å². The van der Waals surface area contributed by atoms with Gasteiger partial charge in [0.1, 0.15) is 13.2 Å². The van der Waals surface area contributed by atoms with Crippen LogP contribution in [-0.2, 0) is 30.5 Å². The Labute approximate surface area is 255 Å². The van der Waals surface area contributed by atoms with E-state index in [1.807, 2.05) is 82.3 Å². The van der Waals surface area contributed by atoms with E-state index >= 15 is 0 Å². The van der Waals surface area contributed by atoms with E-state index < -0.39 is 17.7 Å². The Hall–Kier alpha value is -3.76. The molecule has 1 aliphatic rings. The summed E-state index contributed by atoms with van der Waals surface area (Å²) in [6.45, 7) is 8.50. The number of carbonyl (C=O) groups is 4. The number of β-lactam (4-membered cyclic amide) rings is 1. The van der Waals surface area contributed by atoms with Crippen LogP contribution in [0.25, 0.3) is 0 Å². The zero-order valence-corrected chi connectivity index (χ0v) is 26.1. The van der Waals surface area contributed by atoms with Crippen molar-refractivity contribution in [1.82, 2.24) is 20.4 Å². The van der Waals surface area contributed by atoms with Crippen molar-refractivity contribution in [3.8, 4) is 0 Å². The predicted octanol–water partition coefficient (Wildman–Crippen LogP) is 4.33. The van der Waals surface area contributed by atoms with Crippen LogP contribution in [0.4, 0.5) is 4.79 Å². The predicted molar refractivity (Wildman–Crippen MR) is 164 cm³/mol. The van der Waals surface area contributed by atoms with Gasteiger partial charge in [0.05, 0.1) is 18.0 Å². The number of carbonyl (C=O) groups excluding carboxylic acids is 4. The zero-order chi connectivity index (χ0) is 31.4. The van der Waals surface area contributed by atoms with Crippen LogP contribution < -0.4 is 10.6 Å². The molecule has 1 heterocycles. The molecule has 0 aromatic heterocycles. The largest absolute Gasteiger partial charge is 0.460 e. The first-order valence-corrected chi connectivity index (χ1v) is 15.1. The van der Waals surface area contributed by atoms with Crippen molar-refractivity contribution in [2.24, 2.45) is 5.41 Å². The van der Waals surface area contributed by atoms with E-state index in [1.165, 1.54) is 4.90 Å². The second-order valence-electron chi connectivity index (χ2n) is 11.0. The normalized spacial score (nSPS) is 16.3. The summed E-state index contributed by atoms with van der Waals surface area (Å²) in [6, 6.07) is 16.6. The van der Waals surface area contributed by atoms with E-state index in [2.05, 4.69) is 10.6 Å². The van der Waals surface area contributed by atoms with Crippen molar-refractivity contribution in [3.05, 3.63) is 71.3 Å². The third-order valence-corrected chi connectivity index (χ3v) is 8.11. The maximum absolute atomic E-state index is 13.4. The van der Waals surface area contributed by atoms with Gasteiger partial charge in [-0.3, -0.25) is 14.4 Å². The van der Waals surface area contributed by atoms with Crippen molar-refractivity contribution in [2.45, 2.75) is 72.3 Å². The highest BCUT2D eigenvalue weighted by Gasteiger charge is 2.62. The molecule has 0 bridgehead atoms. The molecular weight excluding hydrogens is 548 g/mol. The standard InChI is InChI=1S/C33H46N4O6/c1-6-12-27(26-17-15-24(4)16-18-26)35-32(41)37-30(40)33(7-2,8-3)31(37)43-23-28(38)36(5)20-19-34-21-29(39)42-22-25-13-10-9-11-14-25/h9-11,13-18,27,31,34H,6-8,12,19-23H2,1-5H3,(H,35,41)/t27-,31+/m1/s1. The van der Waals surface area contributed by atoms with Crippen molar-refractivity contribution >= 4 is 23.8 Å². The summed E-state index contributed by atoms with van der Waals surface area (Å²) in [5.74, 6) is -0.964. The van der Waals surface area contributed by atoms with Crippen LogP contribution in [0, 0.1) is 12.3 Å². The number of benzene rings is 2. The Balaban J connectivity index is 1.51. The minimum absolute atomic E-state index is 0.0246. The molecule has 1 aliphatic heterocycles. The third-order valence-electron chi connectivity index (χ3n) is 8.11. The molecule has 43 heavy (non-hydrogen) atoms. The fraction of sp³-hybridized carbons (Fsp3) is 0.515. The van der Waals surface area contributed by atoms with E-state index in [0.29, 0.717) is 25.9 Å². The summed E-state index contributed by atoms with van der Waals surface area (Å²) in [7, 11) is 1.64. The van der Waals surface area contributed by atoms with Gasteiger partial charge < -0.3 is 25.0 Å². The smallest absolute Gasteiger partial charge is 0.326 e. The van der Waals surface area contributed by atoms with E-state index in [1.54, 1.807) is 7.05 Å². The summed E-state index contributed by atoms with van der Waals surface area (Å²) < 4.78 is 11.2. The van der Waals surface area contributed by atoms with Gasteiger partial charge in [-0.05, 0) is 37.3 Å². The maximum Gasteiger partial charge on any atom is 0.326 e. The molecule has 0 unspecified atom stereocenters. The van der Waals surface area contributed by atoms with Crippen molar-refractivity contribution in [1.29, 1.82) is 0 Å². The number of rotatable bonds is 16. The molecule has 3 rings (SSSR count). The Morgan fingerprint density at radius 2 is 1.70 bits per heavy atom. The second-order valence-corrected chi connectivity index (χ2v) is 11.0. The molecular formula is C33H46N4O6. The molecule has 2 aromatic carbocycles. The van der Waals surface area contributed by atoms with Gasteiger partial charge >= 0.3 is 12.0 Å². The van der Waals surface area contributed by atoms with Gasteiger partial charge in [-0.15, -0.1) is 0 Å². The van der Waals surface area contributed by atoms with Crippen LogP contribution in [0.1, 0.15) is 69.2 Å².